The highest BCUT2D eigenvalue weighted by molar-refractivity contribution is 7.98. The van der Waals surface area contributed by atoms with E-state index in [0.717, 1.165) is 11.1 Å². The van der Waals surface area contributed by atoms with E-state index >= 15 is 0 Å². The number of nitrogens with two attached hydrogens (primary N) is 1. The zero-order chi connectivity index (χ0) is 23.6. The molecule has 9 heteroatoms. The van der Waals surface area contributed by atoms with Gasteiger partial charge in [0.05, 0.1) is 0 Å². The molecule has 32 heavy (non-hydrogen) atoms. The molecule has 2 rings (SSSR count). The molecular weight excluding hydrogens is 428 g/mol. The number of ether oxygens (including phenoxy) is 1. The van der Waals surface area contributed by atoms with Crippen LogP contribution >= 0.6 is 11.8 Å². The van der Waals surface area contributed by atoms with Crippen LogP contribution in [-0.2, 0) is 21.8 Å². The summed E-state index contributed by atoms with van der Waals surface area (Å²) in [4.78, 5) is 37.2. The molecule has 0 aliphatic rings. The molecule has 0 saturated carbocycles. The van der Waals surface area contributed by atoms with Gasteiger partial charge in [0.15, 0.2) is 0 Å². The number of carbonyl (C=O) groups excluding carboxylic acids is 3. The summed E-state index contributed by atoms with van der Waals surface area (Å²) in [5.41, 5.74) is 12.0. The second-order valence-electron chi connectivity index (χ2n) is 8.04. The minimum absolute atomic E-state index is 0.293. The van der Waals surface area contributed by atoms with Gasteiger partial charge in [0.1, 0.15) is 11.6 Å². The minimum Gasteiger partial charge on any atom is -0.444 e. The van der Waals surface area contributed by atoms with Gasteiger partial charge in [0, 0.05) is 23.6 Å². The van der Waals surface area contributed by atoms with Gasteiger partial charge in [-0.15, -0.1) is 0 Å². The Bertz CT molecular complexity index is 898. The van der Waals surface area contributed by atoms with E-state index in [1.165, 1.54) is 11.8 Å². The van der Waals surface area contributed by atoms with Crippen molar-refractivity contribution in [3.63, 3.8) is 0 Å². The molecule has 0 heterocycles. The van der Waals surface area contributed by atoms with Gasteiger partial charge in [-0.25, -0.2) is 4.79 Å². The molecule has 0 unspecified atom stereocenters. The topological polar surface area (TPSA) is 123 Å². The Labute approximate surface area is 192 Å². The lowest BCUT2D eigenvalue weighted by molar-refractivity contribution is -0.123. The van der Waals surface area contributed by atoms with Crippen molar-refractivity contribution in [1.82, 2.24) is 16.2 Å². The van der Waals surface area contributed by atoms with Gasteiger partial charge in [-0.2, -0.15) is 11.8 Å². The molecule has 3 amide bonds. The second kappa shape index (κ2) is 12.1. The monoisotopic (exact) mass is 458 g/mol. The molecule has 0 fully saturated rings. The van der Waals surface area contributed by atoms with E-state index < -0.39 is 29.6 Å². The average Bonchev–Trinajstić information content (AvgIpc) is 2.76. The van der Waals surface area contributed by atoms with Crippen molar-refractivity contribution >= 4 is 29.7 Å². The van der Waals surface area contributed by atoms with Crippen LogP contribution in [-0.4, -0.2) is 35.3 Å². The number of rotatable bonds is 8. The molecule has 8 nitrogen and oxygen atoms in total. The molecule has 0 saturated heterocycles. The highest BCUT2D eigenvalue weighted by atomic mass is 32.2. The van der Waals surface area contributed by atoms with E-state index in [2.05, 4.69) is 16.2 Å². The van der Waals surface area contributed by atoms with Crippen LogP contribution in [0.4, 0.5) is 4.79 Å². The van der Waals surface area contributed by atoms with Crippen LogP contribution in [0.3, 0.4) is 0 Å². The highest BCUT2D eigenvalue weighted by Gasteiger charge is 2.25. The molecular formula is C23H30N4O4S. The van der Waals surface area contributed by atoms with Crippen molar-refractivity contribution in [3.05, 3.63) is 71.3 Å². The average molecular weight is 459 g/mol. The van der Waals surface area contributed by atoms with Gasteiger partial charge in [0.2, 0.25) is 0 Å². The maximum atomic E-state index is 12.7. The first kappa shape index (κ1) is 25.2. The van der Waals surface area contributed by atoms with Crippen molar-refractivity contribution in [2.75, 3.05) is 5.75 Å². The number of alkyl carbamates (subject to hydrolysis) is 1. The number of thioether (sulfide) groups is 1. The summed E-state index contributed by atoms with van der Waals surface area (Å²) in [6, 6.07) is 15.6. The lowest BCUT2D eigenvalue weighted by atomic mass is 10.1. The molecule has 0 bridgehead atoms. The second-order valence-corrected chi connectivity index (χ2v) is 9.07. The third kappa shape index (κ3) is 8.99. The van der Waals surface area contributed by atoms with Gasteiger partial charge in [-0.1, -0.05) is 42.5 Å². The summed E-state index contributed by atoms with van der Waals surface area (Å²) in [6.45, 7) is 5.59. The number of hydrogen-bond donors (Lipinski definition) is 4. The predicted octanol–water partition coefficient (Wildman–Crippen LogP) is 2.73. The Morgan fingerprint density at radius 1 is 0.969 bits per heavy atom. The summed E-state index contributed by atoms with van der Waals surface area (Å²) in [5, 5.41) is 2.58. The first-order valence-corrected chi connectivity index (χ1v) is 11.3. The molecule has 2 aromatic rings. The van der Waals surface area contributed by atoms with Crippen molar-refractivity contribution in [3.8, 4) is 0 Å². The Kier molecular flexibility index (Phi) is 9.55. The van der Waals surface area contributed by atoms with Gasteiger partial charge in [0.25, 0.3) is 11.8 Å². The summed E-state index contributed by atoms with van der Waals surface area (Å²) < 4.78 is 5.26. The van der Waals surface area contributed by atoms with Crippen LogP contribution in [0, 0.1) is 0 Å². The first-order chi connectivity index (χ1) is 15.2. The van der Waals surface area contributed by atoms with E-state index in [-0.39, 0.29) is 0 Å². The van der Waals surface area contributed by atoms with Crippen molar-refractivity contribution < 1.29 is 19.1 Å². The Hall–Kier alpha value is -3.04. The smallest absolute Gasteiger partial charge is 0.408 e. The van der Waals surface area contributed by atoms with Crippen molar-refractivity contribution in [2.24, 2.45) is 5.73 Å². The van der Waals surface area contributed by atoms with Crippen LogP contribution in [0.5, 0.6) is 0 Å². The standard InChI is InChI=1S/C23H30N4O4S/c1-23(2,3)31-22(30)25-19(15-32-14-17-7-5-4-6-8-17)21(29)27-26-20(28)18-11-9-16(13-24)10-12-18/h4-12,19H,13-15,24H2,1-3H3,(H,25,30)(H,26,28)(H,27,29)/t19-/m1/s1. The van der Waals surface area contributed by atoms with E-state index in [4.69, 9.17) is 10.5 Å². The minimum atomic E-state index is -0.904. The predicted molar refractivity (Wildman–Crippen MR) is 126 cm³/mol. The zero-order valence-corrected chi connectivity index (χ0v) is 19.3. The van der Waals surface area contributed by atoms with Crippen molar-refractivity contribution in [2.45, 2.75) is 44.7 Å². The van der Waals surface area contributed by atoms with E-state index in [9.17, 15) is 14.4 Å². The number of nitrogens with one attached hydrogen (secondary N) is 3. The van der Waals surface area contributed by atoms with Crippen LogP contribution in [0.2, 0.25) is 0 Å². The SMILES string of the molecule is CC(C)(C)OC(=O)N[C@H](CSCc1ccccc1)C(=O)NNC(=O)c1ccc(CN)cc1. The van der Waals surface area contributed by atoms with Crippen molar-refractivity contribution in [1.29, 1.82) is 0 Å². The Balaban J connectivity index is 1.96. The molecule has 0 aliphatic heterocycles. The van der Waals surface area contributed by atoms with Crippen LogP contribution < -0.4 is 21.9 Å². The van der Waals surface area contributed by atoms with Crippen LogP contribution in [0.15, 0.2) is 54.6 Å². The summed E-state index contributed by atoms with van der Waals surface area (Å²) in [5.74, 6) is -0.0696. The normalized spacial score (nSPS) is 11.9. The van der Waals surface area contributed by atoms with Crippen LogP contribution in [0.25, 0.3) is 0 Å². The summed E-state index contributed by atoms with van der Waals surface area (Å²) >= 11 is 1.48. The molecule has 0 aromatic heterocycles. The molecule has 0 radical (unpaired) electrons. The van der Waals surface area contributed by atoms with Gasteiger partial charge >= 0.3 is 6.09 Å². The number of hydrazine groups is 1. The van der Waals surface area contributed by atoms with Gasteiger partial charge in [-0.3, -0.25) is 20.4 Å². The largest absolute Gasteiger partial charge is 0.444 e. The van der Waals surface area contributed by atoms with E-state index in [0.29, 0.717) is 23.6 Å². The number of carbonyl (C=O) groups is 3. The molecule has 0 aliphatic carbocycles. The van der Waals surface area contributed by atoms with Crippen LogP contribution in [0.1, 0.15) is 42.3 Å². The fourth-order valence-corrected chi connectivity index (χ4v) is 3.59. The Morgan fingerprint density at radius 2 is 1.62 bits per heavy atom. The highest BCUT2D eigenvalue weighted by Crippen LogP contribution is 2.14. The summed E-state index contributed by atoms with van der Waals surface area (Å²) in [6.07, 6.45) is -0.707. The third-order valence-corrected chi connectivity index (χ3v) is 5.26. The number of hydrogen-bond acceptors (Lipinski definition) is 6. The summed E-state index contributed by atoms with van der Waals surface area (Å²) in [7, 11) is 0. The zero-order valence-electron chi connectivity index (χ0n) is 18.5. The molecule has 1 atom stereocenters. The fraction of sp³-hybridized carbons (Fsp3) is 0.348. The molecule has 5 N–H and O–H groups in total. The third-order valence-electron chi connectivity index (χ3n) is 4.15. The van der Waals surface area contributed by atoms with Gasteiger partial charge in [-0.05, 0) is 44.0 Å². The fourth-order valence-electron chi connectivity index (χ4n) is 2.57. The molecule has 172 valence electrons. The lowest BCUT2D eigenvalue weighted by Crippen LogP contribution is -2.54. The maximum absolute atomic E-state index is 12.7. The quantitative estimate of drug-likeness (QED) is 0.451. The maximum Gasteiger partial charge on any atom is 0.408 e. The molecule has 0 spiro atoms. The first-order valence-electron chi connectivity index (χ1n) is 10.2. The van der Waals surface area contributed by atoms with Gasteiger partial charge < -0.3 is 15.8 Å². The van der Waals surface area contributed by atoms with E-state index in [1.54, 1.807) is 45.0 Å². The van der Waals surface area contributed by atoms with E-state index in [1.807, 2.05) is 30.3 Å². The number of amides is 3. The number of benzene rings is 2. The Morgan fingerprint density at radius 3 is 2.22 bits per heavy atom. The lowest BCUT2D eigenvalue weighted by Gasteiger charge is -2.23. The molecule has 2 aromatic carbocycles.